The van der Waals surface area contributed by atoms with Gasteiger partial charge in [0.25, 0.3) is 0 Å². The molecule has 0 spiro atoms. The molecule has 0 saturated carbocycles. The van der Waals surface area contributed by atoms with E-state index in [1.807, 2.05) is 13.2 Å². The molecule has 0 aliphatic carbocycles. The second kappa shape index (κ2) is 6.43. The van der Waals surface area contributed by atoms with Crippen molar-refractivity contribution in [1.82, 2.24) is 29.5 Å². The summed E-state index contributed by atoms with van der Waals surface area (Å²) in [5, 5.41) is 12.2. The van der Waals surface area contributed by atoms with Crippen molar-refractivity contribution in [3.63, 3.8) is 0 Å². The number of rotatable bonds is 5. The van der Waals surface area contributed by atoms with Crippen LogP contribution in [0.5, 0.6) is 5.75 Å². The molecule has 0 atom stereocenters. The van der Waals surface area contributed by atoms with Gasteiger partial charge in [-0.3, -0.25) is 4.68 Å². The Morgan fingerprint density at radius 3 is 2.85 bits per heavy atom. The van der Waals surface area contributed by atoms with Gasteiger partial charge in [-0.1, -0.05) is 12.1 Å². The van der Waals surface area contributed by atoms with Crippen LogP contribution in [0.4, 0.5) is 16.0 Å². The van der Waals surface area contributed by atoms with Crippen LogP contribution in [0.25, 0.3) is 11.0 Å². The lowest BCUT2D eigenvalue weighted by molar-refractivity contribution is 0.383. The van der Waals surface area contributed by atoms with Gasteiger partial charge in [-0.25, -0.2) is 14.1 Å². The summed E-state index contributed by atoms with van der Waals surface area (Å²) in [6.07, 6.45) is 6.82. The van der Waals surface area contributed by atoms with Crippen LogP contribution in [0.3, 0.4) is 0 Å². The van der Waals surface area contributed by atoms with Crippen LogP contribution < -0.4 is 10.1 Å². The minimum Gasteiger partial charge on any atom is -0.494 e. The molecule has 0 saturated heterocycles. The number of hydrogen-bond donors (Lipinski definition) is 1. The number of ether oxygens (including phenoxy) is 1. The van der Waals surface area contributed by atoms with Crippen molar-refractivity contribution >= 4 is 22.7 Å². The molecule has 0 unspecified atom stereocenters. The largest absolute Gasteiger partial charge is 0.494 e. The number of halogens is 1. The SMILES string of the molecule is COc1cccc(Cn2ncc3cnc(Nc4cnn(C)c4)nc32)c1F. The molecule has 3 heterocycles. The highest BCUT2D eigenvalue weighted by Gasteiger charge is 2.12. The van der Waals surface area contributed by atoms with Crippen molar-refractivity contribution in [2.45, 2.75) is 6.54 Å². The number of aromatic nitrogens is 6. The van der Waals surface area contributed by atoms with Crippen molar-refractivity contribution in [2.75, 3.05) is 12.4 Å². The van der Waals surface area contributed by atoms with Crippen molar-refractivity contribution < 1.29 is 9.13 Å². The number of benzene rings is 1. The first-order valence-corrected chi connectivity index (χ1v) is 7.89. The van der Waals surface area contributed by atoms with Crippen molar-refractivity contribution in [3.05, 3.63) is 54.4 Å². The molecule has 0 aliphatic heterocycles. The minimum absolute atomic E-state index is 0.201. The van der Waals surface area contributed by atoms with E-state index in [0.717, 1.165) is 11.1 Å². The quantitative estimate of drug-likeness (QED) is 0.594. The number of aryl methyl sites for hydroxylation is 1. The molecule has 26 heavy (non-hydrogen) atoms. The van der Waals surface area contributed by atoms with Crippen LogP contribution >= 0.6 is 0 Å². The molecule has 8 nitrogen and oxygen atoms in total. The van der Waals surface area contributed by atoms with E-state index < -0.39 is 5.82 Å². The van der Waals surface area contributed by atoms with Gasteiger partial charge in [0.2, 0.25) is 5.95 Å². The van der Waals surface area contributed by atoms with Crippen LogP contribution in [0.15, 0.2) is 43.0 Å². The Balaban J connectivity index is 1.66. The first-order valence-electron chi connectivity index (χ1n) is 7.89. The van der Waals surface area contributed by atoms with Crippen LogP contribution in [-0.2, 0) is 13.6 Å². The molecule has 1 aromatic carbocycles. The number of hydrogen-bond acceptors (Lipinski definition) is 6. The highest BCUT2D eigenvalue weighted by Crippen LogP contribution is 2.22. The second-order valence-electron chi connectivity index (χ2n) is 5.74. The molecule has 4 rings (SSSR count). The summed E-state index contributed by atoms with van der Waals surface area (Å²) in [6, 6.07) is 5.02. The Morgan fingerprint density at radius 1 is 1.19 bits per heavy atom. The molecular formula is C17H16FN7O. The smallest absolute Gasteiger partial charge is 0.229 e. The Labute approximate surface area is 148 Å². The predicted octanol–water partition coefficient (Wildman–Crippen LogP) is 2.50. The van der Waals surface area contributed by atoms with E-state index in [4.69, 9.17) is 4.74 Å². The third-order valence-electron chi connectivity index (χ3n) is 3.92. The molecule has 9 heteroatoms. The molecule has 0 radical (unpaired) electrons. The van der Waals surface area contributed by atoms with E-state index in [-0.39, 0.29) is 12.3 Å². The van der Waals surface area contributed by atoms with E-state index in [0.29, 0.717) is 17.2 Å². The van der Waals surface area contributed by atoms with Gasteiger partial charge in [-0.15, -0.1) is 0 Å². The Morgan fingerprint density at radius 2 is 2.08 bits per heavy atom. The van der Waals surface area contributed by atoms with Gasteiger partial charge in [-0.2, -0.15) is 15.2 Å². The van der Waals surface area contributed by atoms with Crippen LogP contribution in [0.1, 0.15) is 5.56 Å². The highest BCUT2D eigenvalue weighted by molar-refractivity contribution is 5.75. The fourth-order valence-electron chi connectivity index (χ4n) is 2.65. The first kappa shape index (κ1) is 16.0. The van der Waals surface area contributed by atoms with Gasteiger partial charge in [0.15, 0.2) is 17.2 Å². The van der Waals surface area contributed by atoms with Crippen molar-refractivity contribution in [3.8, 4) is 5.75 Å². The molecule has 1 N–H and O–H groups in total. The predicted molar refractivity (Wildman–Crippen MR) is 93.9 cm³/mol. The lowest BCUT2D eigenvalue weighted by atomic mass is 10.2. The Kier molecular flexibility index (Phi) is 3.96. The van der Waals surface area contributed by atoms with E-state index in [1.54, 1.807) is 46.2 Å². The maximum Gasteiger partial charge on any atom is 0.229 e. The normalized spacial score (nSPS) is 11.0. The van der Waals surface area contributed by atoms with Gasteiger partial charge < -0.3 is 10.1 Å². The molecule has 0 bridgehead atoms. The molecule has 4 aromatic rings. The molecule has 0 fully saturated rings. The Bertz CT molecular complexity index is 1070. The third-order valence-corrected chi connectivity index (χ3v) is 3.92. The zero-order chi connectivity index (χ0) is 18.1. The number of anilines is 2. The van der Waals surface area contributed by atoms with Crippen LogP contribution in [0.2, 0.25) is 0 Å². The molecule has 3 aromatic heterocycles. The summed E-state index contributed by atoms with van der Waals surface area (Å²) >= 11 is 0. The summed E-state index contributed by atoms with van der Waals surface area (Å²) in [4.78, 5) is 8.77. The number of fused-ring (bicyclic) bond motifs is 1. The average Bonchev–Trinajstić information content (AvgIpc) is 3.23. The van der Waals surface area contributed by atoms with Gasteiger partial charge in [0.05, 0.1) is 37.1 Å². The first-order chi connectivity index (χ1) is 12.6. The third kappa shape index (κ3) is 2.94. The number of methoxy groups -OCH3 is 1. The fraction of sp³-hybridized carbons (Fsp3) is 0.176. The standard InChI is InChI=1S/C17H16FN7O/c1-24-10-13(8-20-24)22-17-19-6-12-7-21-25(16(12)23-17)9-11-4-3-5-14(26-2)15(11)18/h3-8,10H,9H2,1-2H3,(H,19,22,23). The molecule has 0 amide bonds. The van der Waals surface area contributed by atoms with Crippen LogP contribution in [-0.4, -0.2) is 36.6 Å². The number of nitrogens with one attached hydrogen (secondary N) is 1. The van der Waals surface area contributed by atoms with Gasteiger partial charge in [0, 0.05) is 25.0 Å². The van der Waals surface area contributed by atoms with Crippen LogP contribution in [0, 0.1) is 5.82 Å². The van der Waals surface area contributed by atoms with Gasteiger partial charge >= 0.3 is 0 Å². The lowest BCUT2D eigenvalue weighted by Crippen LogP contribution is -2.06. The van der Waals surface area contributed by atoms with E-state index >= 15 is 0 Å². The monoisotopic (exact) mass is 353 g/mol. The summed E-state index contributed by atoms with van der Waals surface area (Å²) in [6.45, 7) is 0.232. The van der Waals surface area contributed by atoms with E-state index in [1.165, 1.54) is 7.11 Å². The minimum atomic E-state index is -0.401. The van der Waals surface area contributed by atoms with E-state index in [2.05, 4.69) is 25.5 Å². The van der Waals surface area contributed by atoms with Gasteiger partial charge in [0.1, 0.15) is 0 Å². The zero-order valence-electron chi connectivity index (χ0n) is 14.2. The summed E-state index contributed by atoms with van der Waals surface area (Å²) in [7, 11) is 3.27. The Hall–Kier alpha value is -3.49. The van der Waals surface area contributed by atoms with Crippen molar-refractivity contribution in [1.29, 1.82) is 0 Å². The maximum absolute atomic E-state index is 14.4. The second-order valence-corrected chi connectivity index (χ2v) is 5.74. The summed E-state index contributed by atoms with van der Waals surface area (Å²) in [5.74, 6) is 0.215. The lowest BCUT2D eigenvalue weighted by Gasteiger charge is -2.08. The summed E-state index contributed by atoms with van der Waals surface area (Å²) < 4.78 is 22.8. The van der Waals surface area contributed by atoms with E-state index in [9.17, 15) is 4.39 Å². The highest BCUT2D eigenvalue weighted by atomic mass is 19.1. The molecule has 132 valence electrons. The maximum atomic E-state index is 14.4. The summed E-state index contributed by atoms with van der Waals surface area (Å²) in [5.41, 5.74) is 1.85. The molecule has 0 aliphatic rings. The van der Waals surface area contributed by atoms with Crippen molar-refractivity contribution in [2.24, 2.45) is 7.05 Å². The average molecular weight is 353 g/mol. The topological polar surface area (TPSA) is 82.7 Å². The molecular weight excluding hydrogens is 337 g/mol. The number of nitrogens with zero attached hydrogens (tertiary/aromatic N) is 6. The fourth-order valence-corrected chi connectivity index (χ4v) is 2.65. The zero-order valence-corrected chi connectivity index (χ0v) is 14.2. The van der Waals surface area contributed by atoms with Gasteiger partial charge in [-0.05, 0) is 6.07 Å².